The lowest BCUT2D eigenvalue weighted by Crippen LogP contribution is -2.31. The fourth-order valence-corrected chi connectivity index (χ4v) is 3.23. The van der Waals surface area contributed by atoms with E-state index in [2.05, 4.69) is 10.0 Å². The molecule has 10 heteroatoms. The van der Waals surface area contributed by atoms with E-state index in [0.29, 0.717) is 10.6 Å². The third-order valence-corrected chi connectivity index (χ3v) is 5.46. The van der Waals surface area contributed by atoms with E-state index < -0.39 is 26.2 Å². The summed E-state index contributed by atoms with van der Waals surface area (Å²) in [7, 11) is -2.59. The summed E-state index contributed by atoms with van der Waals surface area (Å²) in [5.74, 6) is 0. The predicted molar refractivity (Wildman–Crippen MR) is 98.9 cm³/mol. The summed E-state index contributed by atoms with van der Waals surface area (Å²) in [5, 5.41) is 25.2. The van der Waals surface area contributed by atoms with Crippen LogP contribution in [0.5, 0.6) is 0 Å². The molecule has 3 N–H and O–H groups in total. The Morgan fingerprint density at radius 1 is 1.27 bits per heavy atom. The average Bonchev–Trinajstić information content (AvgIpc) is 2.59. The maximum atomic E-state index is 11.8. The van der Waals surface area contributed by atoms with Crippen LogP contribution in [0.3, 0.4) is 0 Å². The van der Waals surface area contributed by atoms with Crippen molar-refractivity contribution in [1.29, 1.82) is 0 Å². The van der Waals surface area contributed by atoms with Gasteiger partial charge in [-0.2, -0.15) is 0 Å². The lowest BCUT2D eigenvalue weighted by Gasteiger charge is -2.25. The fourth-order valence-electron chi connectivity index (χ4n) is 2.29. The smallest absolute Gasteiger partial charge is 0.293 e. The largest absolute Gasteiger partial charge is 0.384 e. The number of rotatable bonds is 7. The predicted octanol–water partition coefficient (Wildman–Crippen LogP) is 2.48. The number of nitro benzene ring substituents is 1. The molecule has 0 bridgehead atoms. The average molecular weight is 400 g/mol. The number of nitrogens with zero attached hydrogens (tertiary/aromatic N) is 1. The Balaban J connectivity index is 2.30. The molecule has 0 saturated carbocycles. The minimum atomic E-state index is -3.81. The standard InChI is InChI=1S/C16H18ClN3O5S/c1-16(21,11-4-3-5-12(17)8-11)10-19-14-7-6-13(26(24,25)18-2)9-15(14)20(22)23/h3-9,18-19,21H,10H2,1-2H3. The first-order chi connectivity index (χ1) is 12.1. The molecular formula is C16H18ClN3O5S. The van der Waals surface area contributed by atoms with Crippen LogP contribution in [-0.4, -0.2) is 32.0 Å². The van der Waals surface area contributed by atoms with E-state index in [1.807, 2.05) is 0 Å². The second-order valence-electron chi connectivity index (χ2n) is 5.78. The zero-order chi connectivity index (χ0) is 19.5. The van der Waals surface area contributed by atoms with Gasteiger partial charge >= 0.3 is 0 Å². The van der Waals surface area contributed by atoms with Crippen LogP contribution in [0.1, 0.15) is 12.5 Å². The molecular weight excluding hydrogens is 382 g/mol. The van der Waals surface area contributed by atoms with Crippen LogP contribution < -0.4 is 10.0 Å². The molecule has 26 heavy (non-hydrogen) atoms. The Bertz CT molecular complexity index is 931. The molecule has 0 spiro atoms. The summed E-state index contributed by atoms with van der Waals surface area (Å²) in [5.41, 5.74) is -1.14. The van der Waals surface area contributed by atoms with Crippen molar-refractivity contribution in [2.75, 3.05) is 18.9 Å². The maximum Gasteiger partial charge on any atom is 0.293 e. The van der Waals surface area contributed by atoms with Gasteiger partial charge in [0.2, 0.25) is 10.0 Å². The van der Waals surface area contributed by atoms with Gasteiger partial charge < -0.3 is 10.4 Å². The highest BCUT2D eigenvalue weighted by atomic mass is 35.5. The summed E-state index contributed by atoms with van der Waals surface area (Å²) in [6.45, 7) is 1.49. The van der Waals surface area contributed by atoms with Gasteiger partial charge in [-0.1, -0.05) is 23.7 Å². The van der Waals surface area contributed by atoms with Crippen LogP contribution in [0.2, 0.25) is 5.02 Å². The number of hydrogen-bond acceptors (Lipinski definition) is 6. The molecule has 0 aliphatic rings. The Labute approximate surface area is 156 Å². The number of hydrogen-bond donors (Lipinski definition) is 3. The molecule has 1 atom stereocenters. The first kappa shape index (κ1) is 20.1. The monoisotopic (exact) mass is 399 g/mol. The highest BCUT2D eigenvalue weighted by molar-refractivity contribution is 7.89. The van der Waals surface area contributed by atoms with Gasteiger partial charge in [-0.15, -0.1) is 0 Å². The van der Waals surface area contributed by atoms with Gasteiger partial charge in [-0.25, -0.2) is 13.1 Å². The van der Waals surface area contributed by atoms with Crippen molar-refractivity contribution >= 4 is 33.0 Å². The molecule has 1 unspecified atom stereocenters. The summed E-state index contributed by atoms with van der Waals surface area (Å²) >= 11 is 5.93. The molecule has 140 valence electrons. The normalized spacial score (nSPS) is 13.8. The molecule has 0 saturated heterocycles. The molecule has 0 aromatic heterocycles. The van der Waals surface area contributed by atoms with E-state index in [1.165, 1.54) is 26.1 Å². The summed E-state index contributed by atoms with van der Waals surface area (Å²) in [4.78, 5) is 10.4. The molecule has 0 fully saturated rings. The fraction of sp³-hybridized carbons (Fsp3) is 0.250. The van der Waals surface area contributed by atoms with E-state index in [-0.39, 0.29) is 17.1 Å². The first-order valence-electron chi connectivity index (χ1n) is 7.51. The van der Waals surface area contributed by atoms with Crippen LogP contribution >= 0.6 is 11.6 Å². The van der Waals surface area contributed by atoms with E-state index >= 15 is 0 Å². The number of sulfonamides is 1. The minimum Gasteiger partial charge on any atom is -0.384 e. The van der Waals surface area contributed by atoms with Gasteiger partial charge in [0.05, 0.1) is 9.82 Å². The van der Waals surface area contributed by atoms with E-state index in [4.69, 9.17) is 11.6 Å². The molecule has 8 nitrogen and oxygen atoms in total. The Morgan fingerprint density at radius 3 is 2.54 bits per heavy atom. The first-order valence-corrected chi connectivity index (χ1v) is 9.37. The molecule has 0 radical (unpaired) electrons. The van der Waals surface area contributed by atoms with Gasteiger partial charge in [-0.3, -0.25) is 10.1 Å². The number of halogens is 1. The number of benzene rings is 2. The summed E-state index contributed by atoms with van der Waals surface area (Å²) in [6.07, 6.45) is 0. The lowest BCUT2D eigenvalue weighted by atomic mass is 9.96. The zero-order valence-corrected chi connectivity index (χ0v) is 15.6. The minimum absolute atomic E-state index is 0.0493. The molecule has 2 aromatic rings. The van der Waals surface area contributed by atoms with Crippen LogP contribution in [0.25, 0.3) is 0 Å². The summed E-state index contributed by atoms with van der Waals surface area (Å²) < 4.78 is 25.7. The van der Waals surface area contributed by atoms with Crippen molar-refractivity contribution in [2.24, 2.45) is 0 Å². The maximum absolute atomic E-state index is 11.8. The molecule has 0 heterocycles. The van der Waals surface area contributed by atoms with E-state index in [1.54, 1.807) is 24.3 Å². The third kappa shape index (κ3) is 4.50. The highest BCUT2D eigenvalue weighted by Gasteiger charge is 2.26. The van der Waals surface area contributed by atoms with Crippen molar-refractivity contribution < 1.29 is 18.4 Å². The number of anilines is 1. The van der Waals surface area contributed by atoms with Crippen molar-refractivity contribution in [3.8, 4) is 0 Å². The van der Waals surface area contributed by atoms with Gasteiger partial charge in [0.25, 0.3) is 5.69 Å². The van der Waals surface area contributed by atoms with Crippen molar-refractivity contribution in [3.63, 3.8) is 0 Å². The second kappa shape index (κ2) is 7.58. The molecule has 0 aliphatic carbocycles. The van der Waals surface area contributed by atoms with Gasteiger partial charge in [0.1, 0.15) is 11.3 Å². The van der Waals surface area contributed by atoms with Gasteiger partial charge in [0.15, 0.2) is 0 Å². The SMILES string of the molecule is CNS(=O)(=O)c1ccc(NCC(C)(O)c2cccc(Cl)c2)c([N+](=O)[O-])c1. The summed E-state index contributed by atoms with van der Waals surface area (Å²) in [6, 6.07) is 10.1. The van der Waals surface area contributed by atoms with Crippen molar-refractivity contribution in [2.45, 2.75) is 17.4 Å². The Kier molecular flexibility index (Phi) is 5.87. The van der Waals surface area contributed by atoms with Gasteiger partial charge in [0, 0.05) is 17.6 Å². The molecule has 2 aromatic carbocycles. The van der Waals surface area contributed by atoms with Crippen LogP contribution in [0.4, 0.5) is 11.4 Å². The van der Waals surface area contributed by atoms with Gasteiger partial charge in [-0.05, 0) is 43.8 Å². The second-order valence-corrected chi connectivity index (χ2v) is 8.10. The number of nitrogens with one attached hydrogen (secondary N) is 2. The zero-order valence-electron chi connectivity index (χ0n) is 14.1. The lowest BCUT2D eigenvalue weighted by molar-refractivity contribution is -0.384. The van der Waals surface area contributed by atoms with E-state index in [9.17, 15) is 23.6 Å². The number of nitro groups is 1. The molecule has 0 amide bonds. The highest BCUT2D eigenvalue weighted by Crippen LogP contribution is 2.30. The number of aliphatic hydroxyl groups is 1. The van der Waals surface area contributed by atoms with Crippen LogP contribution in [0.15, 0.2) is 47.4 Å². The molecule has 0 aliphatic heterocycles. The van der Waals surface area contributed by atoms with Crippen molar-refractivity contribution in [3.05, 3.63) is 63.2 Å². The van der Waals surface area contributed by atoms with Crippen LogP contribution in [-0.2, 0) is 15.6 Å². The van der Waals surface area contributed by atoms with Crippen molar-refractivity contribution in [1.82, 2.24) is 4.72 Å². The topological polar surface area (TPSA) is 122 Å². The third-order valence-electron chi connectivity index (χ3n) is 3.81. The Morgan fingerprint density at radius 2 is 1.96 bits per heavy atom. The van der Waals surface area contributed by atoms with Crippen LogP contribution in [0, 0.1) is 10.1 Å². The Hall–Kier alpha value is -2.20. The van der Waals surface area contributed by atoms with E-state index in [0.717, 1.165) is 6.07 Å². The quantitative estimate of drug-likeness (QED) is 0.485. The molecule has 2 rings (SSSR count).